The number of hydrogen-bond donors (Lipinski definition) is 1. The first kappa shape index (κ1) is 19.6. The highest BCUT2D eigenvalue weighted by atomic mass is 32.2. The molecule has 0 amide bonds. The van der Waals surface area contributed by atoms with Crippen molar-refractivity contribution in [1.82, 2.24) is 9.46 Å². The molecule has 1 saturated heterocycles. The molecule has 0 bridgehead atoms. The van der Waals surface area contributed by atoms with Gasteiger partial charge in [-0.15, -0.1) is 0 Å². The Morgan fingerprint density at radius 1 is 1.15 bits per heavy atom. The minimum absolute atomic E-state index is 0.00154. The summed E-state index contributed by atoms with van der Waals surface area (Å²) in [5, 5.41) is 3.65. The molecule has 1 aromatic carbocycles. The lowest BCUT2D eigenvalue weighted by molar-refractivity contribution is 0.390. The van der Waals surface area contributed by atoms with Crippen LogP contribution in [0.2, 0.25) is 0 Å². The number of nitrogens with zero attached hydrogens (tertiary/aromatic N) is 2. The maximum atomic E-state index is 12.8. The van der Waals surface area contributed by atoms with Gasteiger partial charge in [0.1, 0.15) is 11.4 Å². The first-order valence-corrected chi connectivity index (χ1v) is 11.2. The van der Waals surface area contributed by atoms with Crippen LogP contribution >= 0.6 is 0 Å². The number of sulfonamides is 2. The van der Waals surface area contributed by atoms with Crippen LogP contribution in [0.4, 0.5) is 5.69 Å². The van der Waals surface area contributed by atoms with Crippen LogP contribution in [0.25, 0.3) is 0 Å². The molecule has 11 heteroatoms. The van der Waals surface area contributed by atoms with E-state index in [1.165, 1.54) is 43.5 Å². The first-order valence-electron chi connectivity index (χ1n) is 8.30. The van der Waals surface area contributed by atoms with Crippen molar-refractivity contribution in [2.75, 3.05) is 24.9 Å². The van der Waals surface area contributed by atoms with Crippen LogP contribution in [-0.4, -0.2) is 46.5 Å². The molecule has 1 aliphatic heterocycles. The highest BCUT2D eigenvalue weighted by Crippen LogP contribution is 2.32. The van der Waals surface area contributed by atoms with Crippen LogP contribution in [0.5, 0.6) is 5.75 Å². The fraction of sp³-hybridized carbons (Fsp3) is 0.438. The number of aryl methyl sites for hydroxylation is 2. The monoisotopic (exact) mass is 415 g/mol. The van der Waals surface area contributed by atoms with E-state index in [4.69, 9.17) is 9.26 Å². The SMILES string of the molecule is COc1ccc(S(=O)(=O)N2CCCC2)cc1NS(=O)(=O)c1c(C)noc1C. The number of aromatic nitrogens is 1. The van der Waals surface area contributed by atoms with Crippen molar-refractivity contribution in [3.63, 3.8) is 0 Å². The van der Waals surface area contributed by atoms with Gasteiger partial charge in [0.25, 0.3) is 10.0 Å². The van der Waals surface area contributed by atoms with Gasteiger partial charge in [-0.2, -0.15) is 4.31 Å². The predicted octanol–water partition coefficient (Wildman–Crippen LogP) is 1.89. The molecule has 1 N–H and O–H groups in total. The normalized spacial score (nSPS) is 15.8. The Balaban J connectivity index is 2.02. The number of nitrogens with one attached hydrogen (secondary N) is 1. The van der Waals surface area contributed by atoms with Crippen molar-refractivity contribution in [3.05, 3.63) is 29.7 Å². The number of rotatable bonds is 6. The Morgan fingerprint density at radius 2 is 1.81 bits per heavy atom. The van der Waals surface area contributed by atoms with Gasteiger partial charge in [0, 0.05) is 13.1 Å². The molecule has 0 spiro atoms. The largest absolute Gasteiger partial charge is 0.495 e. The molecule has 0 unspecified atom stereocenters. The lowest BCUT2D eigenvalue weighted by atomic mass is 10.3. The first-order chi connectivity index (χ1) is 12.7. The third-order valence-electron chi connectivity index (χ3n) is 4.35. The van der Waals surface area contributed by atoms with Crippen molar-refractivity contribution in [2.24, 2.45) is 0 Å². The van der Waals surface area contributed by atoms with Crippen LogP contribution in [-0.2, 0) is 20.0 Å². The summed E-state index contributed by atoms with van der Waals surface area (Å²) in [6.07, 6.45) is 1.61. The Morgan fingerprint density at radius 3 is 2.37 bits per heavy atom. The van der Waals surface area contributed by atoms with Gasteiger partial charge in [-0.05, 0) is 44.9 Å². The molecule has 1 aliphatic rings. The third kappa shape index (κ3) is 3.66. The Bertz CT molecular complexity index is 1030. The average Bonchev–Trinajstić information content (AvgIpc) is 3.25. The second kappa shape index (κ2) is 7.13. The third-order valence-corrected chi connectivity index (χ3v) is 7.86. The summed E-state index contributed by atoms with van der Waals surface area (Å²) >= 11 is 0. The van der Waals surface area contributed by atoms with Gasteiger partial charge in [-0.25, -0.2) is 16.8 Å². The molecular formula is C16H21N3O6S2. The van der Waals surface area contributed by atoms with E-state index >= 15 is 0 Å². The summed E-state index contributed by atoms with van der Waals surface area (Å²) in [4.78, 5) is -0.0842. The van der Waals surface area contributed by atoms with E-state index in [-0.39, 0.29) is 32.7 Å². The van der Waals surface area contributed by atoms with Crippen molar-refractivity contribution >= 4 is 25.7 Å². The van der Waals surface area contributed by atoms with E-state index in [0.717, 1.165) is 12.8 Å². The molecule has 27 heavy (non-hydrogen) atoms. The van der Waals surface area contributed by atoms with Crippen molar-refractivity contribution < 1.29 is 26.1 Å². The van der Waals surface area contributed by atoms with Gasteiger partial charge in [0.15, 0.2) is 10.7 Å². The maximum Gasteiger partial charge on any atom is 0.267 e. The van der Waals surface area contributed by atoms with E-state index in [9.17, 15) is 16.8 Å². The fourth-order valence-electron chi connectivity index (χ4n) is 3.06. The highest BCUT2D eigenvalue weighted by Gasteiger charge is 2.29. The molecule has 0 saturated carbocycles. The van der Waals surface area contributed by atoms with Crippen LogP contribution in [0, 0.1) is 13.8 Å². The predicted molar refractivity (Wildman–Crippen MR) is 97.8 cm³/mol. The summed E-state index contributed by atoms with van der Waals surface area (Å²) in [5.41, 5.74) is 0.234. The van der Waals surface area contributed by atoms with Gasteiger partial charge in [-0.3, -0.25) is 4.72 Å². The molecule has 1 fully saturated rings. The Kier molecular flexibility index (Phi) is 5.19. The van der Waals surface area contributed by atoms with Crippen LogP contribution in [0.1, 0.15) is 24.3 Å². The van der Waals surface area contributed by atoms with Crippen molar-refractivity contribution in [2.45, 2.75) is 36.5 Å². The average molecular weight is 415 g/mol. The number of ether oxygens (including phenoxy) is 1. The van der Waals surface area contributed by atoms with Gasteiger partial charge < -0.3 is 9.26 Å². The Hall–Kier alpha value is -2.11. The molecule has 2 heterocycles. The van der Waals surface area contributed by atoms with Gasteiger partial charge >= 0.3 is 0 Å². The Labute approximate surface area is 158 Å². The molecule has 0 aliphatic carbocycles. The van der Waals surface area contributed by atoms with E-state index in [2.05, 4.69) is 9.88 Å². The minimum atomic E-state index is -4.04. The smallest absolute Gasteiger partial charge is 0.267 e. The zero-order chi connectivity index (χ0) is 19.8. The lowest BCUT2D eigenvalue weighted by Gasteiger charge is -2.18. The molecule has 2 aromatic rings. The van der Waals surface area contributed by atoms with Crippen molar-refractivity contribution in [1.29, 1.82) is 0 Å². The van der Waals surface area contributed by atoms with Crippen LogP contribution < -0.4 is 9.46 Å². The quantitative estimate of drug-likeness (QED) is 0.765. The van der Waals surface area contributed by atoms with E-state index in [0.29, 0.717) is 13.1 Å². The molecule has 0 radical (unpaired) electrons. The summed E-state index contributed by atoms with van der Waals surface area (Å²) in [6.45, 7) is 3.90. The summed E-state index contributed by atoms with van der Waals surface area (Å²) in [6, 6.07) is 4.09. The van der Waals surface area contributed by atoms with Crippen LogP contribution in [0.15, 0.2) is 32.5 Å². The van der Waals surface area contributed by atoms with Crippen molar-refractivity contribution in [3.8, 4) is 5.75 Å². The number of hydrogen-bond acceptors (Lipinski definition) is 7. The maximum absolute atomic E-state index is 12.8. The van der Waals surface area contributed by atoms with E-state index in [1.807, 2.05) is 0 Å². The second-order valence-corrected chi connectivity index (χ2v) is 9.79. The molecule has 148 valence electrons. The molecule has 1 aromatic heterocycles. The number of anilines is 1. The van der Waals surface area contributed by atoms with Crippen LogP contribution in [0.3, 0.4) is 0 Å². The van der Waals surface area contributed by atoms with E-state index in [1.54, 1.807) is 0 Å². The zero-order valence-corrected chi connectivity index (χ0v) is 16.9. The molecule has 9 nitrogen and oxygen atoms in total. The minimum Gasteiger partial charge on any atom is -0.495 e. The molecule has 3 rings (SSSR count). The summed E-state index contributed by atoms with van der Waals surface area (Å²) < 4.78 is 65.0. The topological polar surface area (TPSA) is 119 Å². The lowest BCUT2D eigenvalue weighted by Crippen LogP contribution is -2.28. The summed E-state index contributed by atoms with van der Waals surface area (Å²) in [5.74, 6) is 0.338. The molecular weight excluding hydrogens is 394 g/mol. The number of methoxy groups -OCH3 is 1. The second-order valence-electron chi connectivity index (χ2n) is 6.23. The number of benzene rings is 1. The fourth-order valence-corrected chi connectivity index (χ4v) is 6.00. The molecule has 0 atom stereocenters. The van der Waals surface area contributed by atoms with Gasteiger partial charge in [0.2, 0.25) is 10.0 Å². The summed E-state index contributed by atoms with van der Waals surface area (Å²) in [7, 11) is -6.37. The van der Waals surface area contributed by atoms with Gasteiger partial charge in [-0.1, -0.05) is 5.16 Å². The highest BCUT2D eigenvalue weighted by molar-refractivity contribution is 7.92. The van der Waals surface area contributed by atoms with Gasteiger partial charge in [0.05, 0.1) is 17.7 Å². The standard InChI is InChI=1S/C16H21N3O6S2/c1-11-16(12(2)25-17-11)26(20,21)18-14-10-13(6-7-15(14)24-3)27(22,23)19-8-4-5-9-19/h6-7,10,18H,4-5,8-9H2,1-3H3. The van der Waals surface area contributed by atoms with E-state index < -0.39 is 20.0 Å². The zero-order valence-electron chi connectivity index (χ0n) is 15.2.